The van der Waals surface area contributed by atoms with Crippen molar-refractivity contribution in [2.45, 2.75) is 20.8 Å². The van der Waals surface area contributed by atoms with Crippen LogP contribution < -0.4 is 15.0 Å². The minimum Gasteiger partial charge on any atom is -0.423 e. The highest BCUT2D eigenvalue weighted by atomic mass is 35.5. The molecule has 166 valence electrons. The van der Waals surface area contributed by atoms with E-state index in [0.717, 1.165) is 21.6 Å². The molecule has 0 aromatic heterocycles. The van der Waals surface area contributed by atoms with Gasteiger partial charge in [-0.3, -0.25) is 9.59 Å². The van der Waals surface area contributed by atoms with Crippen LogP contribution in [-0.4, -0.2) is 17.8 Å². The highest BCUT2D eigenvalue weighted by molar-refractivity contribution is 6.53. The first-order chi connectivity index (χ1) is 15.7. The van der Waals surface area contributed by atoms with Gasteiger partial charge in [0.2, 0.25) is 0 Å². The Morgan fingerprint density at radius 3 is 2.15 bits per heavy atom. The highest BCUT2D eigenvalue weighted by Gasteiger charge is 2.38. The van der Waals surface area contributed by atoms with Crippen LogP contribution in [0.3, 0.4) is 0 Å². The molecular formula is C26H21ClN2O4. The molecule has 2 amide bonds. The lowest BCUT2D eigenvalue weighted by atomic mass is 10.1. The predicted octanol–water partition coefficient (Wildman–Crippen LogP) is 5.27. The molecule has 0 bridgehead atoms. The Labute approximate surface area is 196 Å². The minimum absolute atomic E-state index is 0.0204. The molecular weight excluding hydrogens is 440 g/mol. The molecule has 3 aromatic carbocycles. The average molecular weight is 461 g/mol. The molecule has 33 heavy (non-hydrogen) atoms. The molecule has 0 spiro atoms. The Bertz CT molecular complexity index is 1290. The number of carbonyl (C=O) groups is 3. The van der Waals surface area contributed by atoms with Gasteiger partial charge < -0.3 is 10.1 Å². The standard InChI is InChI=1S/C26H21ClN2O4/c1-15-5-12-20(13-6-15)29-24(30)22(27)23(25(29)31)28-19-10-8-18(9-11-19)26(32)33-21-14-16(2)4-7-17(21)3/h4-14,28H,1-3H3. The second-order valence-electron chi connectivity index (χ2n) is 7.83. The van der Waals surface area contributed by atoms with Gasteiger partial charge in [0.15, 0.2) is 0 Å². The summed E-state index contributed by atoms with van der Waals surface area (Å²) >= 11 is 6.18. The van der Waals surface area contributed by atoms with Crippen molar-refractivity contribution in [2.75, 3.05) is 10.2 Å². The summed E-state index contributed by atoms with van der Waals surface area (Å²) in [6, 6.07) is 19.0. The van der Waals surface area contributed by atoms with E-state index in [0.29, 0.717) is 22.7 Å². The molecule has 0 fully saturated rings. The fourth-order valence-electron chi connectivity index (χ4n) is 3.35. The van der Waals surface area contributed by atoms with E-state index in [4.69, 9.17) is 16.3 Å². The van der Waals surface area contributed by atoms with E-state index in [9.17, 15) is 14.4 Å². The molecule has 3 aromatic rings. The second kappa shape index (κ2) is 8.92. The summed E-state index contributed by atoms with van der Waals surface area (Å²) in [7, 11) is 0. The first kappa shape index (κ1) is 22.3. The maximum absolute atomic E-state index is 12.9. The van der Waals surface area contributed by atoms with Crippen molar-refractivity contribution < 1.29 is 19.1 Å². The molecule has 1 aliphatic heterocycles. The number of benzene rings is 3. The number of amides is 2. The van der Waals surface area contributed by atoms with Gasteiger partial charge in [0.25, 0.3) is 11.8 Å². The van der Waals surface area contributed by atoms with Gasteiger partial charge in [-0.1, -0.05) is 41.4 Å². The molecule has 0 unspecified atom stereocenters. The molecule has 0 saturated carbocycles. The minimum atomic E-state index is -0.596. The zero-order chi connectivity index (χ0) is 23.7. The molecule has 1 N–H and O–H groups in total. The summed E-state index contributed by atoms with van der Waals surface area (Å²) in [6.45, 7) is 5.70. The Morgan fingerprint density at radius 1 is 0.848 bits per heavy atom. The lowest BCUT2D eigenvalue weighted by Crippen LogP contribution is -2.32. The quantitative estimate of drug-likeness (QED) is 0.319. The molecule has 0 atom stereocenters. The molecule has 0 aliphatic carbocycles. The lowest BCUT2D eigenvalue weighted by Gasteiger charge is -2.15. The van der Waals surface area contributed by atoms with Crippen molar-refractivity contribution in [1.82, 2.24) is 0 Å². The van der Waals surface area contributed by atoms with Crippen molar-refractivity contribution in [3.63, 3.8) is 0 Å². The topological polar surface area (TPSA) is 75.7 Å². The monoisotopic (exact) mass is 460 g/mol. The fourth-order valence-corrected chi connectivity index (χ4v) is 3.56. The van der Waals surface area contributed by atoms with Crippen LogP contribution in [0.25, 0.3) is 0 Å². The zero-order valence-corrected chi connectivity index (χ0v) is 19.1. The summed E-state index contributed by atoms with van der Waals surface area (Å²) in [5.41, 5.74) is 4.12. The Hall–Kier alpha value is -3.90. The van der Waals surface area contributed by atoms with Crippen molar-refractivity contribution in [2.24, 2.45) is 0 Å². The fraction of sp³-hybridized carbons (Fsp3) is 0.115. The van der Waals surface area contributed by atoms with Crippen molar-refractivity contribution in [1.29, 1.82) is 0 Å². The summed E-state index contributed by atoms with van der Waals surface area (Å²) in [5.74, 6) is -1.13. The zero-order valence-electron chi connectivity index (χ0n) is 18.3. The smallest absolute Gasteiger partial charge is 0.343 e. The third-order valence-corrected chi connectivity index (χ3v) is 5.61. The number of rotatable bonds is 5. The van der Waals surface area contributed by atoms with E-state index >= 15 is 0 Å². The molecule has 4 rings (SSSR count). The van der Waals surface area contributed by atoms with Crippen LogP contribution in [0, 0.1) is 20.8 Å². The van der Waals surface area contributed by atoms with Gasteiger partial charge in [-0.2, -0.15) is 0 Å². The Morgan fingerprint density at radius 2 is 1.48 bits per heavy atom. The number of ether oxygens (including phenoxy) is 1. The highest BCUT2D eigenvalue weighted by Crippen LogP contribution is 2.30. The predicted molar refractivity (Wildman–Crippen MR) is 127 cm³/mol. The Balaban J connectivity index is 1.49. The number of halogens is 1. The molecule has 7 heteroatoms. The van der Waals surface area contributed by atoms with E-state index in [-0.39, 0.29) is 10.7 Å². The number of hydrogen-bond donors (Lipinski definition) is 1. The van der Waals surface area contributed by atoms with E-state index in [1.807, 2.05) is 45.0 Å². The summed E-state index contributed by atoms with van der Waals surface area (Å²) in [5, 5.41) is 2.70. The normalized spacial score (nSPS) is 13.5. The van der Waals surface area contributed by atoms with Crippen LogP contribution in [0.4, 0.5) is 11.4 Å². The number of imide groups is 1. The lowest BCUT2D eigenvalue weighted by molar-refractivity contribution is -0.120. The van der Waals surface area contributed by atoms with E-state index in [2.05, 4.69) is 5.32 Å². The molecule has 1 aliphatic rings. The number of anilines is 2. The number of esters is 1. The molecule has 1 heterocycles. The maximum atomic E-state index is 12.9. The van der Waals surface area contributed by atoms with Crippen LogP contribution >= 0.6 is 11.6 Å². The second-order valence-corrected chi connectivity index (χ2v) is 8.21. The largest absolute Gasteiger partial charge is 0.423 e. The van der Waals surface area contributed by atoms with Gasteiger partial charge in [-0.05, 0) is 74.4 Å². The van der Waals surface area contributed by atoms with Crippen LogP contribution in [0.1, 0.15) is 27.0 Å². The van der Waals surface area contributed by atoms with Gasteiger partial charge >= 0.3 is 5.97 Å². The third-order valence-electron chi connectivity index (χ3n) is 5.26. The maximum Gasteiger partial charge on any atom is 0.343 e. The van der Waals surface area contributed by atoms with E-state index < -0.39 is 17.8 Å². The van der Waals surface area contributed by atoms with E-state index in [1.165, 1.54) is 0 Å². The number of aryl methyl sites for hydroxylation is 3. The van der Waals surface area contributed by atoms with Crippen molar-refractivity contribution in [3.05, 3.63) is 99.7 Å². The number of nitrogens with one attached hydrogen (secondary N) is 1. The SMILES string of the molecule is Cc1ccc(N2C(=O)C(Cl)=C(Nc3ccc(C(=O)Oc4cc(C)ccc4C)cc3)C2=O)cc1. The number of carbonyl (C=O) groups excluding carboxylic acids is 3. The van der Waals surface area contributed by atoms with Gasteiger partial charge in [0.05, 0.1) is 11.3 Å². The summed E-state index contributed by atoms with van der Waals surface area (Å²) in [4.78, 5) is 39.0. The van der Waals surface area contributed by atoms with Crippen LogP contribution in [0.15, 0.2) is 77.5 Å². The number of nitrogens with zero attached hydrogens (tertiary/aromatic N) is 1. The summed E-state index contributed by atoms with van der Waals surface area (Å²) in [6.07, 6.45) is 0. The first-order valence-electron chi connectivity index (χ1n) is 10.3. The van der Waals surface area contributed by atoms with Gasteiger partial charge in [0, 0.05) is 5.69 Å². The molecule has 0 saturated heterocycles. The van der Waals surface area contributed by atoms with Gasteiger partial charge in [-0.15, -0.1) is 0 Å². The Kier molecular flexibility index (Phi) is 6.03. The third kappa shape index (κ3) is 4.52. The molecule has 0 radical (unpaired) electrons. The van der Waals surface area contributed by atoms with Crippen molar-refractivity contribution >= 4 is 40.8 Å². The molecule has 6 nitrogen and oxygen atoms in total. The van der Waals surface area contributed by atoms with Crippen LogP contribution in [-0.2, 0) is 9.59 Å². The van der Waals surface area contributed by atoms with Crippen LogP contribution in [0.2, 0.25) is 0 Å². The van der Waals surface area contributed by atoms with E-state index in [1.54, 1.807) is 42.5 Å². The van der Waals surface area contributed by atoms with Crippen LogP contribution in [0.5, 0.6) is 5.75 Å². The van der Waals surface area contributed by atoms with Gasteiger partial charge in [-0.25, -0.2) is 9.69 Å². The average Bonchev–Trinajstić information content (AvgIpc) is 3.00. The summed E-state index contributed by atoms with van der Waals surface area (Å²) < 4.78 is 5.51. The number of hydrogen-bond acceptors (Lipinski definition) is 5. The first-order valence-corrected chi connectivity index (χ1v) is 10.6. The van der Waals surface area contributed by atoms with Crippen molar-refractivity contribution in [3.8, 4) is 5.75 Å². The van der Waals surface area contributed by atoms with Gasteiger partial charge in [0.1, 0.15) is 16.5 Å².